The molecule has 1 fully saturated rings. The first-order valence-electron chi connectivity index (χ1n) is 7.42. The summed E-state index contributed by atoms with van der Waals surface area (Å²) in [6.07, 6.45) is 2.18. The molecule has 6 heteroatoms. The third-order valence-electron chi connectivity index (χ3n) is 3.74. The van der Waals surface area contributed by atoms with Crippen molar-refractivity contribution in [2.24, 2.45) is 5.92 Å². The van der Waals surface area contributed by atoms with Crippen LogP contribution in [0.15, 0.2) is 6.07 Å². The topological polar surface area (TPSA) is 79.1 Å². The van der Waals surface area contributed by atoms with Crippen LogP contribution < -0.4 is 16.4 Å². The molecule has 2 atom stereocenters. The Bertz CT molecular complexity index is 436. The third kappa shape index (κ3) is 3.96. The van der Waals surface area contributed by atoms with Gasteiger partial charge in [-0.25, -0.2) is 0 Å². The number of rotatable bonds is 5. The second-order valence-electron chi connectivity index (χ2n) is 5.70. The van der Waals surface area contributed by atoms with Crippen LogP contribution in [0.25, 0.3) is 0 Å². The highest BCUT2D eigenvalue weighted by molar-refractivity contribution is 5.51. The van der Waals surface area contributed by atoms with Gasteiger partial charge < -0.3 is 21.3 Å². The maximum atomic E-state index is 5.78. The highest BCUT2D eigenvalue weighted by Gasteiger charge is 2.24. The Morgan fingerprint density at radius 2 is 2.15 bits per heavy atom. The van der Waals surface area contributed by atoms with E-state index in [9.17, 15) is 0 Å². The van der Waals surface area contributed by atoms with E-state index >= 15 is 0 Å². The van der Waals surface area contributed by atoms with Gasteiger partial charge in [-0.05, 0) is 32.4 Å². The first kappa shape index (κ1) is 14.8. The van der Waals surface area contributed by atoms with Gasteiger partial charge in [0.25, 0.3) is 0 Å². The van der Waals surface area contributed by atoms with Crippen molar-refractivity contribution in [1.82, 2.24) is 14.9 Å². The summed E-state index contributed by atoms with van der Waals surface area (Å²) in [5.41, 5.74) is 5.78. The number of nitrogens with zero attached hydrogens (tertiary/aromatic N) is 3. The minimum absolute atomic E-state index is 0.314. The molecular weight excluding hydrogens is 252 g/mol. The van der Waals surface area contributed by atoms with Gasteiger partial charge in [-0.3, -0.25) is 0 Å². The molecule has 1 aliphatic rings. The van der Waals surface area contributed by atoms with E-state index in [4.69, 9.17) is 5.73 Å². The number of nitrogen functional groups attached to an aromatic ring is 1. The monoisotopic (exact) mass is 278 g/mol. The van der Waals surface area contributed by atoms with E-state index in [-0.39, 0.29) is 0 Å². The lowest BCUT2D eigenvalue weighted by atomic mass is 9.94. The van der Waals surface area contributed by atoms with Crippen molar-refractivity contribution in [1.29, 1.82) is 0 Å². The van der Waals surface area contributed by atoms with E-state index in [0.29, 0.717) is 17.9 Å². The Morgan fingerprint density at radius 3 is 2.85 bits per heavy atom. The molecule has 2 unspecified atom stereocenters. The molecule has 0 spiro atoms. The summed E-state index contributed by atoms with van der Waals surface area (Å²) in [5, 5.41) is 6.76. The van der Waals surface area contributed by atoms with Crippen LogP contribution >= 0.6 is 0 Å². The van der Waals surface area contributed by atoms with Crippen molar-refractivity contribution < 1.29 is 0 Å². The summed E-state index contributed by atoms with van der Waals surface area (Å²) in [7, 11) is 2.17. The van der Waals surface area contributed by atoms with Gasteiger partial charge in [0.05, 0.1) is 0 Å². The first-order valence-corrected chi connectivity index (χ1v) is 7.42. The third-order valence-corrected chi connectivity index (χ3v) is 3.74. The van der Waals surface area contributed by atoms with Crippen molar-refractivity contribution in [3.63, 3.8) is 0 Å². The molecule has 0 radical (unpaired) electrons. The molecule has 0 aromatic carbocycles. The fraction of sp³-hybridized carbons (Fsp3) is 0.714. The number of hydrogen-bond acceptors (Lipinski definition) is 6. The van der Waals surface area contributed by atoms with Crippen LogP contribution in [0.5, 0.6) is 0 Å². The number of aromatic nitrogens is 2. The molecule has 0 aliphatic carbocycles. The number of hydrogen-bond donors (Lipinski definition) is 3. The lowest BCUT2D eigenvalue weighted by Gasteiger charge is -2.35. The first-order chi connectivity index (χ1) is 9.58. The van der Waals surface area contributed by atoms with Crippen molar-refractivity contribution in [3.05, 3.63) is 6.07 Å². The molecule has 1 aromatic heterocycles. The fourth-order valence-corrected chi connectivity index (χ4v) is 2.64. The zero-order valence-electron chi connectivity index (χ0n) is 12.7. The minimum atomic E-state index is 0.314. The molecule has 0 amide bonds. The van der Waals surface area contributed by atoms with Gasteiger partial charge in [-0.1, -0.05) is 13.8 Å². The molecule has 20 heavy (non-hydrogen) atoms. The van der Waals surface area contributed by atoms with E-state index in [1.807, 2.05) is 6.07 Å². The largest absolute Gasteiger partial charge is 0.370 e. The minimum Gasteiger partial charge on any atom is -0.370 e. The summed E-state index contributed by atoms with van der Waals surface area (Å²) in [6.45, 7) is 7.51. The van der Waals surface area contributed by atoms with Gasteiger partial charge >= 0.3 is 0 Å². The predicted octanol–water partition coefficient (Wildman–Crippen LogP) is 1.63. The van der Waals surface area contributed by atoms with Crippen LogP contribution in [-0.2, 0) is 0 Å². The fourth-order valence-electron chi connectivity index (χ4n) is 2.64. The second-order valence-corrected chi connectivity index (χ2v) is 5.70. The van der Waals surface area contributed by atoms with Gasteiger partial charge in [0.1, 0.15) is 11.6 Å². The molecule has 1 aromatic rings. The summed E-state index contributed by atoms with van der Waals surface area (Å²) in [5.74, 6) is 2.52. The summed E-state index contributed by atoms with van der Waals surface area (Å²) in [4.78, 5) is 10.9. The maximum absolute atomic E-state index is 5.78. The smallest absolute Gasteiger partial charge is 0.223 e. The number of likely N-dealkylation sites (tertiary alicyclic amines) is 1. The molecular formula is C14H26N6. The Morgan fingerprint density at radius 1 is 1.40 bits per heavy atom. The standard InChI is InChI=1S/C14H26N6/c1-4-6-16-12-8-13(19-14(15)18-12)17-11-5-7-20(3)9-10(11)2/h8,10-11H,4-7,9H2,1-3H3,(H4,15,16,17,18,19). The number of anilines is 3. The quantitative estimate of drug-likeness (QED) is 0.760. The van der Waals surface area contributed by atoms with Gasteiger partial charge in [0, 0.05) is 25.2 Å². The Labute approximate surface area is 121 Å². The average molecular weight is 278 g/mol. The highest BCUT2D eigenvalue weighted by atomic mass is 15.2. The molecule has 1 aliphatic heterocycles. The SMILES string of the molecule is CCCNc1cc(NC2CCN(C)CC2C)nc(N)n1. The van der Waals surface area contributed by atoms with E-state index in [2.05, 4.69) is 46.4 Å². The molecule has 112 valence electrons. The van der Waals surface area contributed by atoms with E-state index < -0.39 is 0 Å². The highest BCUT2D eigenvalue weighted by Crippen LogP contribution is 2.21. The van der Waals surface area contributed by atoms with Crippen molar-refractivity contribution in [2.45, 2.75) is 32.7 Å². The van der Waals surface area contributed by atoms with Crippen LogP contribution in [0.1, 0.15) is 26.7 Å². The van der Waals surface area contributed by atoms with Crippen LogP contribution in [0.4, 0.5) is 17.6 Å². The molecule has 2 rings (SSSR count). The van der Waals surface area contributed by atoms with Crippen LogP contribution in [0, 0.1) is 5.92 Å². The Hall–Kier alpha value is -1.56. The molecule has 0 saturated carbocycles. The van der Waals surface area contributed by atoms with Crippen LogP contribution in [0.2, 0.25) is 0 Å². The van der Waals surface area contributed by atoms with Gasteiger partial charge in [0.15, 0.2) is 0 Å². The van der Waals surface area contributed by atoms with E-state index in [1.165, 1.54) is 0 Å². The van der Waals surface area contributed by atoms with Crippen molar-refractivity contribution in [2.75, 3.05) is 43.0 Å². The van der Waals surface area contributed by atoms with Crippen LogP contribution in [0.3, 0.4) is 0 Å². The second kappa shape index (κ2) is 6.74. The number of nitrogens with one attached hydrogen (secondary N) is 2. The molecule has 6 nitrogen and oxygen atoms in total. The lowest BCUT2D eigenvalue weighted by Crippen LogP contribution is -2.43. The Balaban J connectivity index is 2.03. The molecule has 2 heterocycles. The van der Waals surface area contributed by atoms with E-state index in [0.717, 1.165) is 44.1 Å². The average Bonchev–Trinajstić information content (AvgIpc) is 2.39. The summed E-state index contributed by atoms with van der Waals surface area (Å²) < 4.78 is 0. The molecule has 1 saturated heterocycles. The lowest BCUT2D eigenvalue weighted by molar-refractivity contribution is 0.206. The van der Waals surface area contributed by atoms with Crippen molar-refractivity contribution in [3.8, 4) is 0 Å². The van der Waals surface area contributed by atoms with Gasteiger partial charge in [-0.15, -0.1) is 0 Å². The zero-order valence-corrected chi connectivity index (χ0v) is 12.7. The summed E-state index contributed by atoms with van der Waals surface area (Å²) in [6, 6.07) is 2.39. The summed E-state index contributed by atoms with van der Waals surface area (Å²) >= 11 is 0. The normalized spacial score (nSPS) is 23.6. The predicted molar refractivity (Wildman–Crippen MR) is 83.9 cm³/mol. The molecule has 4 N–H and O–H groups in total. The van der Waals surface area contributed by atoms with Crippen LogP contribution in [-0.4, -0.2) is 47.6 Å². The van der Waals surface area contributed by atoms with Gasteiger partial charge in [0.2, 0.25) is 5.95 Å². The van der Waals surface area contributed by atoms with Gasteiger partial charge in [-0.2, -0.15) is 9.97 Å². The zero-order chi connectivity index (χ0) is 14.5. The molecule has 0 bridgehead atoms. The maximum Gasteiger partial charge on any atom is 0.223 e. The van der Waals surface area contributed by atoms with Crippen molar-refractivity contribution >= 4 is 17.6 Å². The van der Waals surface area contributed by atoms with E-state index in [1.54, 1.807) is 0 Å². The number of nitrogens with two attached hydrogens (primary N) is 1. The Kier molecular flexibility index (Phi) is 5.00. The number of piperidine rings is 1.